The summed E-state index contributed by atoms with van der Waals surface area (Å²) in [5.74, 6) is -3.73. The van der Waals surface area contributed by atoms with E-state index < -0.39 is 18.4 Å². The van der Waals surface area contributed by atoms with E-state index >= 15 is 0 Å². The van der Waals surface area contributed by atoms with Gasteiger partial charge < -0.3 is 10.2 Å². The lowest BCUT2D eigenvalue weighted by atomic mass is 9.94. The van der Waals surface area contributed by atoms with Crippen LogP contribution in [-0.2, 0) is 0 Å². The summed E-state index contributed by atoms with van der Waals surface area (Å²) < 4.78 is 26.3. The van der Waals surface area contributed by atoms with Crippen molar-refractivity contribution in [2.45, 2.75) is 12.3 Å². The molecule has 1 rings (SSSR count). The fourth-order valence-corrected chi connectivity index (χ4v) is 1.61. The first-order valence-corrected chi connectivity index (χ1v) is 4.42. The fourth-order valence-electron chi connectivity index (χ4n) is 1.61. The molecule has 13 heavy (non-hydrogen) atoms. The zero-order valence-electron chi connectivity index (χ0n) is 7.42. The molecule has 0 aromatic rings. The molecule has 1 atom stereocenters. The number of hydrogen-bond donors (Lipinski definition) is 2. The van der Waals surface area contributed by atoms with E-state index in [0.717, 1.165) is 0 Å². The molecule has 2 N–H and O–H groups in total. The third-order valence-electron chi connectivity index (χ3n) is 2.46. The molecule has 0 aliphatic carbocycles. The van der Waals surface area contributed by atoms with Crippen LogP contribution >= 0.6 is 0 Å². The number of β-amino-alcohol motifs (C(OH)–C–C–N with tert-alkyl or cyclic N) is 1. The van der Waals surface area contributed by atoms with Gasteiger partial charge in [0, 0.05) is 12.5 Å². The Kier molecular flexibility index (Phi) is 3.58. The molecule has 3 nitrogen and oxygen atoms in total. The van der Waals surface area contributed by atoms with Gasteiger partial charge in [-0.15, -0.1) is 0 Å². The van der Waals surface area contributed by atoms with Crippen LogP contribution in [-0.4, -0.2) is 53.9 Å². The molecule has 1 saturated heterocycles. The van der Waals surface area contributed by atoms with Crippen molar-refractivity contribution in [3.05, 3.63) is 0 Å². The SMILES string of the molecule is OCCN1CCC(CO)C(F)(F)C1. The van der Waals surface area contributed by atoms with E-state index in [-0.39, 0.29) is 19.7 Å². The summed E-state index contributed by atoms with van der Waals surface area (Å²) in [6, 6.07) is 0. The second-order valence-electron chi connectivity index (χ2n) is 3.43. The number of hydrogen-bond acceptors (Lipinski definition) is 3. The van der Waals surface area contributed by atoms with Gasteiger partial charge in [0.1, 0.15) is 0 Å². The van der Waals surface area contributed by atoms with Crippen LogP contribution in [0, 0.1) is 5.92 Å². The number of aliphatic hydroxyl groups is 2. The lowest BCUT2D eigenvalue weighted by Crippen LogP contribution is -2.50. The summed E-state index contributed by atoms with van der Waals surface area (Å²) in [7, 11) is 0. The zero-order valence-corrected chi connectivity index (χ0v) is 7.42. The van der Waals surface area contributed by atoms with Crippen LogP contribution in [0.5, 0.6) is 0 Å². The van der Waals surface area contributed by atoms with Crippen LogP contribution in [0.25, 0.3) is 0 Å². The summed E-state index contributed by atoms with van der Waals surface area (Å²) in [6.07, 6.45) is 0.295. The largest absolute Gasteiger partial charge is 0.396 e. The molecule has 0 bridgehead atoms. The van der Waals surface area contributed by atoms with Crippen LogP contribution in [0.3, 0.4) is 0 Å². The highest BCUT2D eigenvalue weighted by atomic mass is 19.3. The Morgan fingerprint density at radius 2 is 2.08 bits per heavy atom. The summed E-state index contributed by atoms with van der Waals surface area (Å²) in [6.45, 7) is -0.0895. The first-order chi connectivity index (χ1) is 6.10. The molecule has 0 radical (unpaired) electrons. The van der Waals surface area contributed by atoms with Crippen molar-refractivity contribution in [2.24, 2.45) is 5.92 Å². The van der Waals surface area contributed by atoms with Gasteiger partial charge in [0.05, 0.1) is 19.8 Å². The topological polar surface area (TPSA) is 43.7 Å². The monoisotopic (exact) mass is 195 g/mol. The van der Waals surface area contributed by atoms with Crippen molar-refractivity contribution < 1.29 is 19.0 Å². The van der Waals surface area contributed by atoms with Crippen LogP contribution in [0.4, 0.5) is 8.78 Å². The van der Waals surface area contributed by atoms with Crippen molar-refractivity contribution >= 4 is 0 Å². The van der Waals surface area contributed by atoms with E-state index in [9.17, 15) is 8.78 Å². The van der Waals surface area contributed by atoms with Crippen molar-refractivity contribution in [1.82, 2.24) is 4.90 Å². The highest BCUT2D eigenvalue weighted by Gasteiger charge is 2.43. The summed E-state index contributed by atoms with van der Waals surface area (Å²) in [4.78, 5) is 1.52. The molecule has 0 saturated carbocycles. The quantitative estimate of drug-likeness (QED) is 0.662. The third-order valence-corrected chi connectivity index (χ3v) is 2.46. The van der Waals surface area contributed by atoms with Crippen LogP contribution in [0.15, 0.2) is 0 Å². The Balaban J connectivity index is 2.48. The average molecular weight is 195 g/mol. The smallest absolute Gasteiger partial charge is 0.265 e. The molecule has 78 valence electrons. The number of rotatable bonds is 3. The summed E-state index contributed by atoms with van der Waals surface area (Å²) >= 11 is 0. The number of alkyl halides is 2. The fraction of sp³-hybridized carbons (Fsp3) is 1.00. The number of aliphatic hydroxyl groups excluding tert-OH is 2. The van der Waals surface area contributed by atoms with Gasteiger partial charge in [0.15, 0.2) is 0 Å². The molecule has 0 amide bonds. The van der Waals surface area contributed by atoms with E-state index in [2.05, 4.69) is 0 Å². The average Bonchev–Trinajstić information content (AvgIpc) is 2.03. The lowest BCUT2D eigenvalue weighted by Gasteiger charge is -2.37. The molecule has 0 spiro atoms. The van der Waals surface area contributed by atoms with Gasteiger partial charge in [-0.05, 0) is 13.0 Å². The van der Waals surface area contributed by atoms with Crippen LogP contribution in [0.2, 0.25) is 0 Å². The molecule has 1 aliphatic heterocycles. The maximum atomic E-state index is 13.2. The minimum Gasteiger partial charge on any atom is -0.396 e. The van der Waals surface area contributed by atoms with Crippen molar-refractivity contribution in [3.63, 3.8) is 0 Å². The molecule has 5 heteroatoms. The van der Waals surface area contributed by atoms with Gasteiger partial charge in [-0.1, -0.05) is 0 Å². The number of piperidine rings is 1. The van der Waals surface area contributed by atoms with Gasteiger partial charge >= 0.3 is 0 Å². The second-order valence-corrected chi connectivity index (χ2v) is 3.43. The van der Waals surface area contributed by atoms with Crippen molar-refractivity contribution in [1.29, 1.82) is 0 Å². The first kappa shape index (κ1) is 10.8. The van der Waals surface area contributed by atoms with E-state index in [1.54, 1.807) is 0 Å². The van der Waals surface area contributed by atoms with Crippen LogP contribution < -0.4 is 0 Å². The van der Waals surface area contributed by atoms with Gasteiger partial charge in [0.25, 0.3) is 5.92 Å². The highest BCUT2D eigenvalue weighted by molar-refractivity contribution is 4.85. The summed E-state index contributed by atoms with van der Waals surface area (Å²) in [5.41, 5.74) is 0. The number of halogens is 2. The van der Waals surface area contributed by atoms with Gasteiger partial charge in [0.2, 0.25) is 0 Å². The Hall–Kier alpha value is -0.260. The van der Waals surface area contributed by atoms with E-state index in [0.29, 0.717) is 13.0 Å². The van der Waals surface area contributed by atoms with Crippen LogP contribution in [0.1, 0.15) is 6.42 Å². The zero-order chi connectivity index (χ0) is 9.90. The third kappa shape index (κ3) is 2.59. The van der Waals surface area contributed by atoms with Gasteiger partial charge in [-0.2, -0.15) is 0 Å². The summed E-state index contributed by atoms with van der Waals surface area (Å²) in [5, 5.41) is 17.3. The first-order valence-electron chi connectivity index (χ1n) is 4.42. The van der Waals surface area contributed by atoms with Gasteiger partial charge in [-0.25, -0.2) is 8.78 Å². The Labute approximate surface area is 76.0 Å². The Morgan fingerprint density at radius 1 is 1.38 bits per heavy atom. The predicted octanol–water partition coefficient (Wildman–Crippen LogP) is -0.0718. The minimum absolute atomic E-state index is 0.0973. The molecule has 1 fully saturated rings. The molecular weight excluding hydrogens is 180 g/mol. The maximum absolute atomic E-state index is 13.2. The molecule has 1 unspecified atom stereocenters. The van der Waals surface area contributed by atoms with E-state index in [1.165, 1.54) is 4.90 Å². The van der Waals surface area contributed by atoms with E-state index in [4.69, 9.17) is 10.2 Å². The highest BCUT2D eigenvalue weighted by Crippen LogP contribution is 2.32. The maximum Gasteiger partial charge on any atom is 0.265 e. The number of likely N-dealkylation sites (tertiary alicyclic amines) is 1. The van der Waals surface area contributed by atoms with Crippen molar-refractivity contribution in [3.8, 4) is 0 Å². The number of nitrogens with zero attached hydrogens (tertiary/aromatic N) is 1. The molecule has 1 aliphatic rings. The van der Waals surface area contributed by atoms with Crippen molar-refractivity contribution in [2.75, 3.05) is 32.8 Å². The van der Waals surface area contributed by atoms with E-state index in [1.807, 2.05) is 0 Å². The second kappa shape index (κ2) is 4.30. The normalized spacial score (nSPS) is 29.1. The Morgan fingerprint density at radius 3 is 2.54 bits per heavy atom. The molecule has 1 heterocycles. The minimum atomic E-state index is -2.82. The molecular formula is C8H15F2NO2. The van der Waals surface area contributed by atoms with Gasteiger partial charge in [-0.3, -0.25) is 4.90 Å². The predicted molar refractivity (Wildman–Crippen MR) is 43.7 cm³/mol. The molecule has 0 aromatic carbocycles. The standard InChI is InChI=1S/C8H15F2NO2/c9-8(10)6-11(3-4-12)2-1-7(8)5-13/h7,12-13H,1-6H2. The lowest BCUT2D eigenvalue weighted by molar-refractivity contribution is -0.125. The Bertz CT molecular complexity index is 166. The molecule has 0 aromatic heterocycles.